The highest BCUT2D eigenvalue weighted by Gasteiger charge is 2.30. The SMILES string of the molecule is COc1ccccc1N(CC(=O)Nc1cccc(C(C)=O)c1)S(=O)(=O)c1cccs1. The van der Waals surface area contributed by atoms with Gasteiger partial charge in [0.05, 0.1) is 12.8 Å². The molecule has 3 aromatic rings. The maximum atomic E-state index is 13.2. The fourth-order valence-electron chi connectivity index (χ4n) is 2.80. The van der Waals surface area contributed by atoms with Gasteiger partial charge in [-0.15, -0.1) is 11.3 Å². The van der Waals surface area contributed by atoms with Gasteiger partial charge in [-0.1, -0.05) is 30.3 Å². The summed E-state index contributed by atoms with van der Waals surface area (Å²) in [7, 11) is -2.56. The second-order valence-corrected chi connectivity index (χ2v) is 9.34. The number of rotatable bonds is 8. The Hall–Kier alpha value is -3.17. The average Bonchev–Trinajstić information content (AvgIpc) is 3.28. The fraction of sp³-hybridized carbons (Fsp3) is 0.143. The third-order valence-electron chi connectivity index (χ3n) is 4.23. The van der Waals surface area contributed by atoms with Crippen LogP contribution in [0.3, 0.4) is 0 Å². The highest BCUT2D eigenvalue weighted by molar-refractivity contribution is 7.94. The van der Waals surface area contributed by atoms with Gasteiger partial charge < -0.3 is 10.1 Å². The maximum absolute atomic E-state index is 13.2. The molecule has 3 rings (SSSR count). The first-order valence-electron chi connectivity index (χ1n) is 8.93. The van der Waals surface area contributed by atoms with Crippen LogP contribution < -0.4 is 14.4 Å². The third kappa shape index (κ3) is 4.69. The lowest BCUT2D eigenvalue weighted by Gasteiger charge is -2.25. The molecule has 0 bridgehead atoms. The van der Waals surface area contributed by atoms with Gasteiger partial charge in [0, 0.05) is 11.3 Å². The summed E-state index contributed by atoms with van der Waals surface area (Å²) in [5.74, 6) is -0.368. The molecule has 30 heavy (non-hydrogen) atoms. The Morgan fingerprint density at radius 2 is 1.83 bits per heavy atom. The second kappa shape index (κ2) is 9.10. The number of hydrogen-bond acceptors (Lipinski definition) is 6. The smallest absolute Gasteiger partial charge is 0.274 e. The van der Waals surface area contributed by atoms with Gasteiger partial charge in [-0.05, 0) is 42.6 Å². The number of hydrogen-bond donors (Lipinski definition) is 1. The van der Waals surface area contributed by atoms with Crippen LogP contribution in [0.4, 0.5) is 11.4 Å². The Kier molecular flexibility index (Phi) is 6.53. The first kappa shape index (κ1) is 21.5. The Morgan fingerprint density at radius 3 is 2.50 bits per heavy atom. The molecule has 1 amide bonds. The largest absolute Gasteiger partial charge is 0.495 e. The van der Waals surface area contributed by atoms with Crippen LogP contribution in [0.15, 0.2) is 70.3 Å². The van der Waals surface area contributed by atoms with E-state index < -0.39 is 22.5 Å². The molecule has 2 aromatic carbocycles. The number of methoxy groups -OCH3 is 1. The van der Waals surface area contributed by atoms with Crippen molar-refractivity contribution in [1.82, 2.24) is 0 Å². The van der Waals surface area contributed by atoms with Crippen LogP contribution in [-0.2, 0) is 14.8 Å². The van der Waals surface area contributed by atoms with Gasteiger partial charge in [0.1, 0.15) is 16.5 Å². The number of para-hydroxylation sites is 2. The average molecular weight is 445 g/mol. The molecule has 0 saturated heterocycles. The van der Waals surface area contributed by atoms with Crippen molar-refractivity contribution in [2.24, 2.45) is 0 Å². The lowest BCUT2D eigenvalue weighted by molar-refractivity contribution is -0.114. The van der Waals surface area contributed by atoms with Crippen LogP contribution in [0.1, 0.15) is 17.3 Å². The molecule has 156 valence electrons. The summed E-state index contributed by atoms with van der Waals surface area (Å²) in [4.78, 5) is 24.3. The summed E-state index contributed by atoms with van der Waals surface area (Å²) >= 11 is 1.06. The number of nitrogens with zero attached hydrogens (tertiary/aromatic N) is 1. The molecule has 1 heterocycles. The minimum Gasteiger partial charge on any atom is -0.495 e. The number of carbonyl (C=O) groups is 2. The molecule has 0 atom stereocenters. The molecule has 0 aliphatic carbocycles. The topological polar surface area (TPSA) is 92.8 Å². The number of ether oxygens (including phenoxy) is 1. The number of anilines is 2. The van der Waals surface area contributed by atoms with Crippen molar-refractivity contribution < 1.29 is 22.7 Å². The Bertz CT molecular complexity index is 1160. The van der Waals surface area contributed by atoms with E-state index in [0.717, 1.165) is 15.6 Å². The minimum absolute atomic E-state index is 0.111. The number of carbonyl (C=O) groups excluding carboxylic acids is 2. The fourth-order valence-corrected chi connectivity index (χ4v) is 5.34. The zero-order chi connectivity index (χ0) is 21.7. The Balaban J connectivity index is 1.94. The predicted molar refractivity (Wildman–Crippen MR) is 117 cm³/mol. The van der Waals surface area contributed by atoms with Gasteiger partial charge in [-0.2, -0.15) is 0 Å². The molecular formula is C21H20N2O5S2. The number of Topliss-reactive ketones (excluding diaryl/α,β-unsaturated/α-hetero) is 1. The van der Waals surface area contributed by atoms with Crippen LogP contribution in [0.5, 0.6) is 5.75 Å². The van der Waals surface area contributed by atoms with E-state index in [4.69, 9.17) is 4.74 Å². The van der Waals surface area contributed by atoms with Crippen molar-refractivity contribution in [2.45, 2.75) is 11.1 Å². The molecule has 0 fully saturated rings. The van der Waals surface area contributed by atoms with E-state index in [1.165, 1.54) is 20.1 Å². The monoisotopic (exact) mass is 444 g/mol. The number of benzene rings is 2. The highest BCUT2D eigenvalue weighted by atomic mass is 32.2. The number of nitrogens with one attached hydrogen (secondary N) is 1. The normalized spacial score (nSPS) is 11.0. The molecule has 0 aliphatic heterocycles. The Labute approximate surface area is 179 Å². The van der Waals surface area contributed by atoms with Crippen LogP contribution in [0.25, 0.3) is 0 Å². The number of ketones is 1. The zero-order valence-electron chi connectivity index (χ0n) is 16.4. The van der Waals surface area contributed by atoms with Gasteiger partial charge in [0.2, 0.25) is 5.91 Å². The molecule has 0 saturated carbocycles. The van der Waals surface area contributed by atoms with Crippen LogP contribution in [0, 0.1) is 0 Å². The first-order valence-corrected chi connectivity index (χ1v) is 11.2. The molecule has 1 N–H and O–H groups in total. The first-order chi connectivity index (χ1) is 14.3. The quantitative estimate of drug-likeness (QED) is 0.534. The van der Waals surface area contributed by atoms with Gasteiger partial charge in [-0.25, -0.2) is 8.42 Å². The molecule has 0 radical (unpaired) electrons. The molecule has 7 nitrogen and oxygen atoms in total. The predicted octanol–water partition coefficient (Wildman–Crippen LogP) is 3.79. The van der Waals surface area contributed by atoms with Crippen molar-refractivity contribution in [3.8, 4) is 5.75 Å². The Morgan fingerprint density at radius 1 is 1.07 bits per heavy atom. The number of thiophene rings is 1. The van der Waals surface area contributed by atoms with E-state index in [1.807, 2.05) is 0 Å². The standard InChI is InChI=1S/C21H20N2O5S2/c1-15(24)16-7-5-8-17(13-16)22-20(25)14-23(18-9-3-4-10-19(18)28-2)30(26,27)21-11-6-12-29-21/h3-13H,14H2,1-2H3,(H,22,25). The van der Waals surface area contributed by atoms with E-state index in [-0.39, 0.29) is 15.7 Å². The van der Waals surface area contributed by atoms with Crippen molar-refractivity contribution >= 4 is 44.4 Å². The van der Waals surface area contributed by atoms with Gasteiger partial charge in [0.15, 0.2) is 5.78 Å². The van der Waals surface area contributed by atoms with E-state index in [9.17, 15) is 18.0 Å². The van der Waals surface area contributed by atoms with Crippen LogP contribution in [0.2, 0.25) is 0 Å². The highest BCUT2D eigenvalue weighted by Crippen LogP contribution is 2.33. The molecule has 0 unspecified atom stereocenters. The summed E-state index contributed by atoms with van der Waals surface area (Å²) in [6.07, 6.45) is 0. The molecular weight excluding hydrogens is 424 g/mol. The van der Waals surface area contributed by atoms with Crippen molar-refractivity contribution in [2.75, 3.05) is 23.3 Å². The van der Waals surface area contributed by atoms with Crippen LogP contribution in [-0.4, -0.2) is 33.8 Å². The van der Waals surface area contributed by atoms with Crippen molar-refractivity contribution in [3.63, 3.8) is 0 Å². The van der Waals surface area contributed by atoms with E-state index in [2.05, 4.69) is 5.32 Å². The van der Waals surface area contributed by atoms with E-state index in [1.54, 1.807) is 60.0 Å². The molecule has 1 aromatic heterocycles. The molecule has 9 heteroatoms. The maximum Gasteiger partial charge on any atom is 0.274 e. The summed E-state index contributed by atoms with van der Waals surface area (Å²) in [6, 6.07) is 16.2. The van der Waals surface area contributed by atoms with E-state index in [0.29, 0.717) is 17.0 Å². The zero-order valence-corrected chi connectivity index (χ0v) is 18.0. The van der Waals surface area contributed by atoms with Gasteiger partial charge >= 0.3 is 0 Å². The lowest BCUT2D eigenvalue weighted by Crippen LogP contribution is -2.38. The summed E-state index contributed by atoms with van der Waals surface area (Å²) in [5, 5.41) is 4.31. The van der Waals surface area contributed by atoms with Gasteiger partial charge in [-0.3, -0.25) is 13.9 Å². The van der Waals surface area contributed by atoms with Gasteiger partial charge in [0.25, 0.3) is 10.0 Å². The third-order valence-corrected chi connectivity index (χ3v) is 7.37. The summed E-state index contributed by atoms with van der Waals surface area (Å²) < 4.78 is 32.9. The number of sulfonamides is 1. The van der Waals surface area contributed by atoms with Crippen molar-refractivity contribution in [1.29, 1.82) is 0 Å². The van der Waals surface area contributed by atoms with Crippen molar-refractivity contribution in [3.05, 3.63) is 71.6 Å². The number of amides is 1. The minimum atomic E-state index is -4.00. The van der Waals surface area contributed by atoms with Crippen LogP contribution >= 0.6 is 11.3 Å². The molecule has 0 aliphatic rings. The molecule has 0 spiro atoms. The lowest BCUT2D eigenvalue weighted by atomic mass is 10.1. The van der Waals surface area contributed by atoms with E-state index >= 15 is 0 Å². The summed E-state index contributed by atoms with van der Waals surface area (Å²) in [6.45, 7) is 0.961. The summed E-state index contributed by atoms with van der Waals surface area (Å²) in [5.41, 5.74) is 1.10. The second-order valence-electron chi connectivity index (χ2n) is 6.30.